The van der Waals surface area contributed by atoms with Gasteiger partial charge in [-0.1, -0.05) is 50.2 Å². The minimum absolute atomic E-state index is 0.0679. The molecule has 2 aromatic carbocycles. The zero-order valence-corrected chi connectivity index (χ0v) is 14.2. The van der Waals surface area contributed by atoms with Gasteiger partial charge in [-0.05, 0) is 31.5 Å². The summed E-state index contributed by atoms with van der Waals surface area (Å²) in [5.74, 6) is 0.924. The van der Waals surface area contributed by atoms with E-state index >= 15 is 0 Å². The number of nitrogens with one attached hydrogen (secondary N) is 1. The number of carbonyl (C=O) groups excluding carboxylic acids is 1. The SMILES string of the molecule is CCC(C(=O)NCCOc1cccc2ccccc12)N(C)CC. The summed E-state index contributed by atoms with van der Waals surface area (Å²) in [5.41, 5.74) is 0. The number of ether oxygens (including phenoxy) is 1. The molecule has 1 unspecified atom stereocenters. The molecule has 1 atom stereocenters. The second-order valence-electron chi connectivity index (χ2n) is 5.61. The molecule has 4 nitrogen and oxygen atoms in total. The molecule has 0 aliphatic rings. The van der Waals surface area contributed by atoms with Gasteiger partial charge >= 0.3 is 0 Å². The molecule has 0 aliphatic heterocycles. The van der Waals surface area contributed by atoms with Crippen LogP contribution >= 0.6 is 0 Å². The third kappa shape index (κ3) is 4.45. The number of amides is 1. The van der Waals surface area contributed by atoms with Gasteiger partial charge in [0.2, 0.25) is 5.91 Å². The van der Waals surface area contributed by atoms with Crippen LogP contribution in [0.25, 0.3) is 10.8 Å². The Morgan fingerprint density at radius 1 is 1.17 bits per heavy atom. The maximum atomic E-state index is 12.2. The van der Waals surface area contributed by atoms with Gasteiger partial charge in [-0.2, -0.15) is 0 Å². The molecule has 4 heteroatoms. The first kappa shape index (κ1) is 17.3. The minimum Gasteiger partial charge on any atom is -0.491 e. The van der Waals surface area contributed by atoms with Crippen molar-refractivity contribution in [2.45, 2.75) is 26.3 Å². The lowest BCUT2D eigenvalue weighted by Gasteiger charge is -2.24. The number of benzene rings is 2. The quantitative estimate of drug-likeness (QED) is 0.761. The highest BCUT2D eigenvalue weighted by Crippen LogP contribution is 2.24. The molecule has 0 heterocycles. The van der Waals surface area contributed by atoms with Crippen LogP contribution in [0.2, 0.25) is 0 Å². The summed E-state index contributed by atoms with van der Waals surface area (Å²) in [4.78, 5) is 14.2. The Labute approximate surface area is 138 Å². The first-order valence-corrected chi connectivity index (χ1v) is 8.25. The highest BCUT2D eigenvalue weighted by Gasteiger charge is 2.19. The first-order valence-electron chi connectivity index (χ1n) is 8.25. The monoisotopic (exact) mass is 314 g/mol. The molecule has 0 saturated heterocycles. The third-order valence-corrected chi connectivity index (χ3v) is 4.13. The van der Waals surface area contributed by atoms with E-state index in [1.807, 2.05) is 44.3 Å². The Hall–Kier alpha value is -2.07. The Morgan fingerprint density at radius 2 is 1.91 bits per heavy atom. The molecule has 0 fully saturated rings. The standard InChI is InChI=1S/C19H26N2O2/c1-4-17(21(3)5-2)19(22)20-13-14-23-18-12-8-10-15-9-6-7-11-16(15)18/h6-12,17H,4-5,13-14H2,1-3H3,(H,20,22). The van der Waals surface area contributed by atoms with E-state index in [0.717, 1.165) is 29.5 Å². The zero-order chi connectivity index (χ0) is 16.7. The molecule has 0 aromatic heterocycles. The van der Waals surface area contributed by atoms with Gasteiger partial charge < -0.3 is 10.1 Å². The van der Waals surface area contributed by atoms with Gasteiger partial charge in [-0.3, -0.25) is 9.69 Å². The van der Waals surface area contributed by atoms with Gasteiger partial charge in [0.05, 0.1) is 12.6 Å². The molecule has 23 heavy (non-hydrogen) atoms. The predicted octanol–water partition coefficient (Wildman–Crippen LogP) is 3.07. The fourth-order valence-corrected chi connectivity index (χ4v) is 2.69. The van der Waals surface area contributed by atoms with E-state index in [1.165, 1.54) is 0 Å². The van der Waals surface area contributed by atoms with Crippen LogP contribution in [-0.4, -0.2) is 43.6 Å². The molecule has 1 N–H and O–H groups in total. The van der Waals surface area contributed by atoms with Crippen LogP contribution in [0.3, 0.4) is 0 Å². The molecular formula is C19H26N2O2. The Morgan fingerprint density at radius 3 is 2.65 bits per heavy atom. The highest BCUT2D eigenvalue weighted by molar-refractivity contribution is 5.88. The highest BCUT2D eigenvalue weighted by atomic mass is 16.5. The Bertz CT molecular complexity index is 637. The van der Waals surface area contributed by atoms with E-state index in [-0.39, 0.29) is 11.9 Å². The lowest BCUT2D eigenvalue weighted by atomic mass is 10.1. The Kier molecular flexibility index (Phi) is 6.41. The van der Waals surface area contributed by atoms with Gasteiger partial charge in [0.15, 0.2) is 0 Å². The molecule has 0 bridgehead atoms. The Balaban J connectivity index is 1.86. The maximum absolute atomic E-state index is 12.2. The van der Waals surface area contributed by atoms with Gasteiger partial charge in [0, 0.05) is 5.39 Å². The molecule has 0 spiro atoms. The van der Waals surface area contributed by atoms with E-state index in [0.29, 0.717) is 13.2 Å². The van der Waals surface area contributed by atoms with E-state index < -0.39 is 0 Å². The van der Waals surface area contributed by atoms with Gasteiger partial charge in [-0.25, -0.2) is 0 Å². The van der Waals surface area contributed by atoms with Crippen LogP contribution in [0, 0.1) is 0 Å². The van der Waals surface area contributed by atoms with Gasteiger partial charge in [0.25, 0.3) is 0 Å². The topological polar surface area (TPSA) is 41.6 Å². The fourth-order valence-electron chi connectivity index (χ4n) is 2.69. The number of rotatable bonds is 8. The van der Waals surface area contributed by atoms with Crippen molar-refractivity contribution in [1.82, 2.24) is 10.2 Å². The normalized spacial score (nSPS) is 12.3. The molecule has 124 valence electrons. The van der Waals surface area contributed by atoms with Crippen molar-refractivity contribution in [3.63, 3.8) is 0 Å². The fraction of sp³-hybridized carbons (Fsp3) is 0.421. The number of nitrogens with zero attached hydrogens (tertiary/aromatic N) is 1. The molecule has 2 rings (SSSR count). The van der Waals surface area contributed by atoms with Crippen molar-refractivity contribution < 1.29 is 9.53 Å². The van der Waals surface area contributed by atoms with Crippen LogP contribution in [0.1, 0.15) is 20.3 Å². The third-order valence-electron chi connectivity index (χ3n) is 4.13. The van der Waals surface area contributed by atoms with Crippen LogP contribution < -0.4 is 10.1 Å². The summed E-state index contributed by atoms with van der Waals surface area (Å²) < 4.78 is 5.84. The van der Waals surface area contributed by atoms with E-state index in [9.17, 15) is 4.79 Å². The molecule has 0 aliphatic carbocycles. The second-order valence-corrected chi connectivity index (χ2v) is 5.61. The zero-order valence-electron chi connectivity index (χ0n) is 14.2. The van der Waals surface area contributed by atoms with Crippen molar-refractivity contribution >= 4 is 16.7 Å². The van der Waals surface area contributed by atoms with Crippen molar-refractivity contribution in [2.24, 2.45) is 0 Å². The number of likely N-dealkylation sites (N-methyl/N-ethyl adjacent to an activating group) is 1. The number of carbonyl (C=O) groups is 1. The summed E-state index contributed by atoms with van der Waals surface area (Å²) >= 11 is 0. The van der Waals surface area contributed by atoms with Crippen LogP contribution in [0.5, 0.6) is 5.75 Å². The van der Waals surface area contributed by atoms with E-state index in [1.54, 1.807) is 0 Å². The van der Waals surface area contributed by atoms with E-state index in [2.05, 4.69) is 29.3 Å². The smallest absolute Gasteiger partial charge is 0.237 e. The summed E-state index contributed by atoms with van der Waals surface area (Å²) in [6.45, 7) is 5.92. The van der Waals surface area contributed by atoms with Crippen molar-refractivity contribution in [3.05, 3.63) is 42.5 Å². The summed E-state index contributed by atoms with van der Waals surface area (Å²) in [6, 6.07) is 14.1. The second kappa shape index (κ2) is 8.53. The summed E-state index contributed by atoms with van der Waals surface area (Å²) in [7, 11) is 1.97. The van der Waals surface area contributed by atoms with Gasteiger partial charge in [-0.15, -0.1) is 0 Å². The average molecular weight is 314 g/mol. The van der Waals surface area contributed by atoms with Crippen molar-refractivity contribution in [3.8, 4) is 5.75 Å². The predicted molar refractivity (Wildman–Crippen MR) is 94.8 cm³/mol. The lowest BCUT2D eigenvalue weighted by molar-refractivity contribution is -0.126. The summed E-state index contributed by atoms with van der Waals surface area (Å²) in [6.07, 6.45) is 0.806. The summed E-state index contributed by atoms with van der Waals surface area (Å²) in [5, 5.41) is 5.21. The number of fused-ring (bicyclic) bond motifs is 1. The van der Waals surface area contributed by atoms with Crippen molar-refractivity contribution in [2.75, 3.05) is 26.7 Å². The number of hydrogen-bond donors (Lipinski definition) is 1. The molecule has 0 radical (unpaired) electrons. The average Bonchev–Trinajstić information content (AvgIpc) is 2.59. The molecule has 0 saturated carbocycles. The maximum Gasteiger partial charge on any atom is 0.237 e. The van der Waals surface area contributed by atoms with Crippen LogP contribution in [0.15, 0.2) is 42.5 Å². The molecule has 1 amide bonds. The molecular weight excluding hydrogens is 288 g/mol. The molecule has 2 aromatic rings. The van der Waals surface area contributed by atoms with Crippen LogP contribution in [0.4, 0.5) is 0 Å². The van der Waals surface area contributed by atoms with E-state index in [4.69, 9.17) is 4.74 Å². The van der Waals surface area contributed by atoms with Crippen molar-refractivity contribution in [1.29, 1.82) is 0 Å². The lowest BCUT2D eigenvalue weighted by Crippen LogP contribution is -2.45. The first-order chi connectivity index (χ1) is 11.2. The van der Waals surface area contributed by atoms with Crippen LogP contribution in [-0.2, 0) is 4.79 Å². The largest absolute Gasteiger partial charge is 0.491 e. The minimum atomic E-state index is -0.0717. The van der Waals surface area contributed by atoms with Gasteiger partial charge in [0.1, 0.15) is 12.4 Å². The number of hydrogen-bond acceptors (Lipinski definition) is 3.